The van der Waals surface area contributed by atoms with Crippen molar-refractivity contribution in [2.45, 2.75) is 133 Å². The topological polar surface area (TPSA) is 174 Å². The Kier molecular flexibility index (Phi) is 18.0. The van der Waals surface area contributed by atoms with E-state index in [0.29, 0.717) is 16.7 Å². The molecule has 4 aromatic carbocycles. The van der Waals surface area contributed by atoms with Gasteiger partial charge in [-0.3, -0.25) is 14.4 Å². The van der Waals surface area contributed by atoms with Crippen LogP contribution in [0.3, 0.4) is 0 Å². The molecule has 0 unspecified atom stereocenters. The number of aryl methyl sites for hydroxylation is 2. The summed E-state index contributed by atoms with van der Waals surface area (Å²) < 4.78 is 3.57. The van der Waals surface area contributed by atoms with E-state index in [1.54, 1.807) is 60.6 Å². The van der Waals surface area contributed by atoms with Gasteiger partial charge in [0.1, 0.15) is 35.5 Å². The first-order valence-corrected chi connectivity index (χ1v) is 24.5. The maximum Gasteiger partial charge on any atom is 0.408 e. The lowest BCUT2D eigenvalue weighted by atomic mass is 9.84. The first kappa shape index (κ1) is 52.5. The Labute approximate surface area is 405 Å². The van der Waals surface area contributed by atoms with Gasteiger partial charge in [0, 0.05) is 24.0 Å². The molecule has 0 radical (unpaired) electrons. The van der Waals surface area contributed by atoms with E-state index in [2.05, 4.69) is 28.6 Å². The average molecular weight is 953 g/mol. The lowest BCUT2D eigenvalue weighted by Gasteiger charge is -2.38. The van der Waals surface area contributed by atoms with Gasteiger partial charge in [0.15, 0.2) is 0 Å². The second kappa shape index (κ2) is 23.0. The monoisotopic (exact) mass is 952 g/mol. The molecule has 1 aliphatic carbocycles. The van der Waals surface area contributed by atoms with Crippen LogP contribution in [0.25, 0.3) is 0 Å². The number of nitrogens with one attached hydrogen (secondary N) is 3. The summed E-state index contributed by atoms with van der Waals surface area (Å²) in [5.74, 6) is -3.01. The molecule has 0 aromatic heterocycles. The van der Waals surface area contributed by atoms with Gasteiger partial charge in [-0.1, -0.05) is 123 Å². The molecule has 4 amide bonds. The summed E-state index contributed by atoms with van der Waals surface area (Å²) in [6.45, 7) is 12.0. The third-order valence-corrected chi connectivity index (χ3v) is 14.3. The number of phenolic OH excluding ortho intramolecular Hbond substituents is 1. The van der Waals surface area contributed by atoms with Crippen LogP contribution in [0.2, 0.25) is 0 Å². The number of likely N-dealkylation sites (N-methyl/N-ethyl adjacent to an activating group) is 1. The second-order valence-electron chi connectivity index (χ2n) is 19.3. The molecule has 0 saturated heterocycles. The highest BCUT2D eigenvalue weighted by Crippen LogP contribution is 2.48. The van der Waals surface area contributed by atoms with E-state index in [-0.39, 0.29) is 30.3 Å². The number of amides is 4. The van der Waals surface area contributed by atoms with E-state index in [9.17, 15) is 29.4 Å². The Hall–Kier alpha value is -5.47. The molecule has 67 heavy (non-hydrogen) atoms. The van der Waals surface area contributed by atoms with Gasteiger partial charge in [0.25, 0.3) is 0 Å². The number of benzene rings is 4. The van der Waals surface area contributed by atoms with Crippen molar-refractivity contribution in [1.29, 1.82) is 0 Å². The molecule has 360 valence electrons. The van der Waals surface area contributed by atoms with Gasteiger partial charge in [-0.15, -0.1) is 11.8 Å². The fourth-order valence-electron chi connectivity index (χ4n) is 8.94. The number of phenols is 1. The highest BCUT2D eigenvalue weighted by Gasteiger charge is 2.43. The van der Waals surface area contributed by atoms with Crippen LogP contribution in [-0.2, 0) is 35.1 Å². The highest BCUT2D eigenvalue weighted by molar-refractivity contribution is 8.00. The standard InChI is InChI=1S/C53H68N4O8S2/c1-34-29-40(58)30-35(2)41(34)32-42(55-50(64)65-51(3,4)5)46(59)54-43(33-67-53(37-23-15-10-16-24-37,38-25-17-11-18-26-38)39-27-19-12-20-28-39)48(61)57(8)44(31-36-21-13-9-14-22-36)47(60)56-45(49(62)63)52(6,7)66/h10-12,15-20,23-30,36,42-45,58,66H,9,13-14,21-22,31-33H2,1-8H3,(H,54,59)(H,55,64)(H,56,60)(H,62,63)/t42-,43-,44+,45-/m0/s1. The molecule has 5 N–H and O–H groups in total. The van der Waals surface area contributed by atoms with E-state index in [4.69, 9.17) is 4.74 Å². The summed E-state index contributed by atoms with van der Waals surface area (Å²) in [6, 6.07) is 27.9. The van der Waals surface area contributed by atoms with Crippen LogP contribution in [0, 0.1) is 19.8 Å². The lowest BCUT2D eigenvalue weighted by Crippen LogP contribution is -2.61. The summed E-state index contributed by atoms with van der Waals surface area (Å²) in [7, 11) is 1.53. The van der Waals surface area contributed by atoms with Crippen molar-refractivity contribution in [1.82, 2.24) is 20.9 Å². The molecule has 5 rings (SSSR count). The minimum atomic E-state index is -1.37. The Morgan fingerprint density at radius 3 is 1.69 bits per heavy atom. The van der Waals surface area contributed by atoms with Gasteiger partial charge in [0.05, 0.1) is 4.75 Å². The molecule has 1 fully saturated rings. The van der Waals surface area contributed by atoms with E-state index < -0.39 is 69.0 Å². The number of nitrogens with zero attached hydrogens (tertiary/aromatic N) is 1. The summed E-state index contributed by atoms with van der Waals surface area (Å²) in [5, 5.41) is 29.1. The smallest absolute Gasteiger partial charge is 0.408 e. The summed E-state index contributed by atoms with van der Waals surface area (Å²) in [5.41, 5.74) is 3.99. The molecular weight excluding hydrogens is 885 g/mol. The van der Waals surface area contributed by atoms with Crippen LogP contribution in [0.5, 0.6) is 5.75 Å². The number of carbonyl (C=O) groups excluding carboxylic acids is 4. The zero-order valence-corrected chi connectivity index (χ0v) is 41.7. The Morgan fingerprint density at radius 1 is 0.746 bits per heavy atom. The summed E-state index contributed by atoms with van der Waals surface area (Å²) in [4.78, 5) is 72.3. The molecule has 1 aliphatic rings. The van der Waals surface area contributed by atoms with E-state index in [0.717, 1.165) is 48.8 Å². The molecule has 1 saturated carbocycles. The van der Waals surface area contributed by atoms with Crippen LogP contribution < -0.4 is 16.0 Å². The molecule has 0 bridgehead atoms. The molecule has 0 heterocycles. The number of aliphatic carboxylic acids is 1. The number of carboxylic acid groups (broad SMARTS) is 1. The molecule has 12 nitrogen and oxygen atoms in total. The van der Waals surface area contributed by atoms with Gasteiger partial charge in [-0.2, -0.15) is 12.6 Å². The third kappa shape index (κ3) is 14.0. The number of ether oxygens (including phenoxy) is 1. The van der Waals surface area contributed by atoms with E-state index in [1.165, 1.54) is 23.7 Å². The molecule has 14 heteroatoms. The number of thiol groups is 1. The van der Waals surface area contributed by atoms with Crippen molar-refractivity contribution in [3.8, 4) is 5.75 Å². The van der Waals surface area contributed by atoms with Gasteiger partial charge >= 0.3 is 12.1 Å². The molecule has 0 spiro atoms. The van der Waals surface area contributed by atoms with Crippen LogP contribution in [0.4, 0.5) is 4.79 Å². The van der Waals surface area contributed by atoms with Crippen LogP contribution in [-0.4, -0.2) is 92.2 Å². The van der Waals surface area contributed by atoms with Crippen LogP contribution in [0.1, 0.15) is 107 Å². The quantitative estimate of drug-likeness (QED) is 0.0397. The predicted octanol–water partition coefficient (Wildman–Crippen LogP) is 8.73. The number of alkyl carbamates (subject to hydrolysis) is 1. The van der Waals surface area contributed by atoms with Crippen molar-refractivity contribution >= 4 is 54.2 Å². The van der Waals surface area contributed by atoms with Crippen LogP contribution >= 0.6 is 24.4 Å². The zero-order chi connectivity index (χ0) is 49.1. The second-order valence-corrected chi connectivity index (χ2v) is 21.6. The lowest BCUT2D eigenvalue weighted by molar-refractivity contribution is -0.146. The minimum Gasteiger partial charge on any atom is -0.508 e. The number of hydrogen-bond donors (Lipinski definition) is 6. The number of rotatable bonds is 19. The maximum atomic E-state index is 15.5. The Morgan fingerprint density at radius 2 is 1.24 bits per heavy atom. The number of carbonyl (C=O) groups is 5. The summed E-state index contributed by atoms with van der Waals surface area (Å²) >= 11 is 5.96. The number of hydrogen-bond acceptors (Lipinski definition) is 9. The predicted molar refractivity (Wildman–Crippen MR) is 268 cm³/mol. The molecule has 0 aliphatic heterocycles. The fourth-order valence-corrected chi connectivity index (χ4v) is 10.7. The first-order chi connectivity index (χ1) is 31.6. The van der Waals surface area contributed by atoms with Gasteiger partial charge in [-0.05, 0) is 106 Å². The maximum absolute atomic E-state index is 15.5. The van der Waals surface area contributed by atoms with Crippen molar-refractivity contribution in [2.24, 2.45) is 5.92 Å². The molecule has 4 atom stereocenters. The Balaban J connectivity index is 1.64. The molecule has 4 aromatic rings. The largest absolute Gasteiger partial charge is 0.508 e. The van der Waals surface area contributed by atoms with Crippen molar-refractivity contribution < 1.29 is 38.9 Å². The summed E-state index contributed by atoms with van der Waals surface area (Å²) in [6.07, 6.45) is 4.16. The SMILES string of the molecule is Cc1cc(O)cc(C)c1C[C@H](NC(=O)OC(C)(C)C)C(=O)N[C@@H](CSC(c1ccccc1)(c1ccccc1)c1ccccc1)C(=O)N(C)[C@H](CC1CCCCC1)C(=O)N[C@@H](C(=O)O)C(C)(C)S. The fraction of sp³-hybridized carbons (Fsp3) is 0.453. The third-order valence-electron chi connectivity index (χ3n) is 12.4. The number of carboxylic acids is 1. The zero-order valence-electron chi connectivity index (χ0n) is 40.0. The molecular formula is C53H68N4O8S2. The van der Waals surface area contributed by atoms with Crippen LogP contribution in [0.15, 0.2) is 103 Å². The number of thioether (sulfide) groups is 1. The van der Waals surface area contributed by atoms with Crippen molar-refractivity contribution in [3.05, 3.63) is 137 Å². The van der Waals surface area contributed by atoms with Crippen molar-refractivity contribution in [3.63, 3.8) is 0 Å². The van der Waals surface area contributed by atoms with E-state index in [1.807, 2.05) is 91.0 Å². The van der Waals surface area contributed by atoms with E-state index >= 15 is 4.79 Å². The normalized spacial score (nSPS) is 15.3. The van der Waals surface area contributed by atoms with Gasteiger partial charge in [-0.25, -0.2) is 9.59 Å². The number of aromatic hydroxyl groups is 1. The first-order valence-electron chi connectivity index (χ1n) is 23.0. The van der Waals surface area contributed by atoms with Gasteiger partial charge < -0.3 is 35.8 Å². The Bertz CT molecular complexity index is 2190. The van der Waals surface area contributed by atoms with Gasteiger partial charge in [0.2, 0.25) is 17.7 Å². The minimum absolute atomic E-state index is 0.00228. The highest BCUT2D eigenvalue weighted by atomic mass is 32.2. The average Bonchev–Trinajstić information content (AvgIpc) is 3.27. The van der Waals surface area contributed by atoms with Crippen molar-refractivity contribution in [2.75, 3.05) is 12.8 Å².